The molecule has 0 amide bonds. The molecular weight excluding hydrogens is 332 g/mol. The van der Waals surface area contributed by atoms with E-state index < -0.39 is 0 Å². The summed E-state index contributed by atoms with van der Waals surface area (Å²) in [6.45, 7) is 4.44. The lowest BCUT2D eigenvalue weighted by molar-refractivity contribution is 1.04. The molecule has 0 saturated carbocycles. The van der Waals surface area contributed by atoms with Crippen molar-refractivity contribution in [1.29, 1.82) is 10.8 Å². The summed E-state index contributed by atoms with van der Waals surface area (Å²) >= 11 is 3.20. The van der Waals surface area contributed by atoms with Crippen molar-refractivity contribution >= 4 is 33.6 Å². The largest absolute Gasteiger partial charge is 0.298 e. The van der Waals surface area contributed by atoms with E-state index in [9.17, 15) is 0 Å². The highest BCUT2D eigenvalue weighted by Crippen LogP contribution is 2.19. The number of aryl methyl sites for hydroxylation is 1. The third kappa shape index (κ3) is 6.54. The maximum absolute atomic E-state index is 8.09. The van der Waals surface area contributed by atoms with Crippen molar-refractivity contribution < 1.29 is 0 Å². The summed E-state index contributed by atoms with van der Waals surface area (Å²) in [6, 6.07) is 18.3. The Labute approximate surface area is 153 Å². The minimum Gasteiger partial charge on any atom is -0.298 e. The van der Waals surface area contributed by atoms with Gasteiger partial charge in [-0.05, 0) is 29.2 Å². The van der Waals surface area contributed by atoms with Crippen LogP contribution in [0.1, 0.15) is 37.0 Å². The van der Waals surface area contributed by atoms with Gasteiger partial charge < -0.3 is 0 Å². The number of hydrogen-bond acceptors (Lipinski definition) is 4. The van der Waals surface area contributed by atoms with E-state index in [0.717, 1.165) is 17.7 Å². The second kappa shape index (κ2) is 9.70. The Kier molecular flexibility index (Phi) is 7.60. The zero-order valence-corrected chi connectivity index (χ0v) is 15.8. The minimum atomic E-state index is 0.446. The average molecular weight is 357 g/mol. The summed E-state index contributed by atoms with van der Waals surface area (Å²) in [5, 5.41) is 17.8. The van der Waals surface area contributed by atoms with Crippen molar-refractivity contribution in [2.75, 3.05) is 0 Å². The smallest absolute Gasteiger partial charge is 0.100 e. The molecule has 0 heterocycles. The number of nitrogens with one attached hydrogen (secondary N) is 2. The summed E-state index contributed by atoms with van der Waals surface area (Å²) in [6.07, 6.45) is 1.53. The Bertz CT molecular complexity index is 664. The van der Waals surface area contributed by atoms with E-state index in [1.54, 1.807) is 0 Å². The molecule has 2 nitrogen and oxygen atoms in total. The average Bonchev–Trinajstić information content (AvgIpc) is 2.59. The van der Waals surface area contributed by atoms with Gasteiger partial charge in [0, 0.05) is 11.3 Å². The summed E-state index contributed by atoms with van der Waals surface area (Å²) in [7, 11) is 0. The Hall–Kier alpha value is -1.52. The molecule has 24 heavy (non-hydrogen) atoms. The van der Waals surface area contributed by atoms with E-state index in [4.69, 9.17) is 10.8 Å². The van der Waals surface area contributed by atoms with E-state index in [1.807, 2.05) is 42.1 Å². The first-order valence-electron chi connectivity index (χ1n) is 8.13. The van der Waals surface area contributed by atoms with Crippen LogP contribution in [0.5, 0.6) is 0 Å². The quantitative estimate of drug-likeness (QED) is 0.472. The lowest BCUT2D eigenvalue weighted by Crippen LogP contribution is -2.01. The first-order valence-corrected chi connectivity index (χ1v) is 10.00. The molecule has 0 aliphatic heterocycles. The van der Waals surface area contributed by atoms with Crippen molar-refractivity contribution in [2.45, 2.75) is 37.7 Å². The van der Waals surface area contributed by atoms with E-state index >= 15 is 0 Å². The van der Waals surface area contributed by atoms with Gasteiger partial charge in [0.05, 0.1) is 5.04 Å². The summed E-state index contributed by atoms with van der Waals surface area (Å²) in [5.41, 5.74) is 3.48. The van der Waals surface area contributed by atoms with Gasteiger partial charge in [0.15, 0.2) is 0 Å². The van der Waals surface area contributed by atoms with Crippen LogP contribution in [0.2, 0.25) is 0 Å². The molecule has 0 bridgehead atoms. The van der Waals surface area contributed by atoms with Crippen LogP contribution in [-0.4, -0.2) is 15.3 Å². The van der Waals surface area contributed by atoms with Crippen LogP contribution in [0.4, 0.5) is 0 Å². The van der Waals surface area contributed by atoms with Gasteiger partial charge >= 0.3 is 0 Å². The maximum Gasteiger partial charge on any atom is 0.100 e. The van der Waals surface area contributed by atoms with Gasteiger partial charge in [-0.3, -0.25) is 10.8 Å². The van der Waals surface area contributed by atoms with Gasteiger partial charge in [-0.15, -0.1) is 0 Å². The molecule has 2 rings (SSSR count). The standard InChI is InChI=1S/C20H24N2S2/c1-15(2)23-14-17-10-8-16(9-11-17)12-13-19(21)24-20(22)18-6-4-3-5-7-18/h3-11,15,21-22H,12-14H2,1-2H3. The second-order valence-electron chi connectivity index (χ2n) is 5.90. The SMILES string of the molecule is CC(C)SCc1ccc(CCC(=N)SC(=N)c2ccccc2)cc1. The highest BCUT2D eigenvalue weighted by atomic mass is 32.2. The zero-order valence-electron chi connectivity index (χ0n) is 14.2. The Morgan fingerprint density at radius 1 is 0.917 bits per heavy atom. The topological polar surface area (TPSA) is 47.7 Å². The molecule has 0 saturated heterocycles. The predicted molar refractivity (Wildman–Crippen MR) is 110 cm³/mol. The molecule has 0 spiro atoms. The van der Waals surface area contributed by atoms with E-state index in [0.29, 0.717) is 21.8 Å². The van der Waals surface area contributed by atoms with Crippen LogP contribution in [0.3, 0.4) is 0 Å². The molecule has 0 unspecified atom stereocenters. The van der Waals surface area contributed by atoms with Crippen molar-refractivity contribution in [3.8, 4) is 0 Å². The summed E-state index contributed by atoms with van der Waals surface area (Å²) in [4.78, 5) is 0. The van der Waals surface area contributed by atoms with Gasteiger partial charge in [-0.25, -0.2) is 0 Å². The minimum absolute atomic E-state index is 0.446. The van der Waals surface area contributed by atoms with Gasteiger partial charge in [-0.1, -0.05) is 80.2 Å². The monoisotopic (exact) mass is 356 g/mol. The molecule has 0 aromatic heterocycles. The van der Waals surface area contributed by atoms with Crippen LogP contribution in [0.25, 0.3) is 0 Å². The number of thioether (sulfide) groups is 2. The molecule has 0 aliphatic rings. The maximum atomic E-state index is 8.09. The highest BCUT2D eigenvalue weighted by Gasteiger charge is 2.06. The molecule has 0 atom stereocenters. The Morgan fingerprint density at radius 3 is 2.17 bits per heavy atom. The second-order valence-corrected chi connectivity index (χ2v) is 8.57. The number of rotatable bonds is 7. The van der Waals surface area contributed by atoms with Crippen LogP contribution in [0.15, 0.2) is 54.6 Å². The predicted octanol–water partition coefficient (Wildman–Crippen LogP) is 6.00. The van der Waals surface area contributed by atoms with Gasteiger partial charge in [0.2, 0.25) is 0 Å². The number of hydrogen-bond donors (Lipinski definition) is 2. The fraction of sp³-hybridized carbons (Fsp3) is 0.300. The first kappa shape index (κ1) is 18.8. The molecule has 126 valence electrons. The van der Waals surface area contributed by atoms with Gasteiger partial charge in [0.25, 0.3) is 0 Å². The zero-order chi connectivity index (χ0) is 17.4. The van der Waals surface area contributed by atoms with Gasteiger partial charge in [-0.2, -0.15) is 11.8 Å². The molecule has 0 fully saturated rings. The van der Waals surface area contributed by atoms with Gasteiger partial charge in [0.1, 0.15) is 5.04 Å². The normalized spacial score (nSPS) is 10.8. The molecule has 0 aliphatic carbocycles. The molecule has 0 radical (unpaired) electrons. The van der Waals surface area contributed by atoms with E-state index in [-0.39, 0.29) is 0 Å². The van der Waals surface area contributed by atoms with E-state index in [1.165, 1.54) is 22.9 Å². The third-order valence-electron chi connectivity index (χ3n) is 3.51. The van der Waals surface area contributed by atoms with Crippen LogP contribution < -0.4 is 0 Å². The van der Waals surface area contributed by atoms with Crippen molar-refractivity contribution in [3.05, 3.63) is 71.3 Å². The Balaban J connectivity index is 1.78. The fourth-order valence-corrected chi connectivity index (χ4v) is 3.57. The van der Waals surface area contributed by atoms with Crippen molar-refractivity contribution in [2.24, 2.45) is 0 Å². The van der Waals surface area contributed by atoms with E-state index in [2.05, 4.69) is 38.1 Å². The van der Waals surface area contributed by atoms with Crippen molar-refractivity contribution in [3.63, 3.8) is 0 Å². The highest BCUT2D eigenvalue weighted by molar-refractivity contribution is 8.26. The summed E-state index contributed by atoms with van der Waals surface area (Å²) in [5.74, 6) is 1.05. The van der Waals surface area contributed by atoms with Crippen LogP contribution >= 0.6 is 23.5 Å². The molecule has 4 heteroatoms. The van der Waals surface area contributed by atoms with Crippen LogP contribution in [-0.2, 0) is 12.2 Å². The third-order valence-corrected chi connectivity index (χ3v) is 5.57. The molecule has 2 aromatic rings. The van der Waals surface area contributed by atoms with Crippen LogP contribution in [0, 0.1) is 10.8 Å². The Morgan fingerprint density at radius 2 is 1.54 bits per heavy atom. The summed E-state index contributed by atoms with van der Waals surface area (Å²) < 4.78 is 0. The lowest BCUT2D eigenvalue weighted by atomic mass is 10.1. The molecule has 2 N–H and O–H groups in total. The lowest BCUT2D eigenvalue weighted by Gasteiger charge is -2.07. The van der Waals surface area contributed by atoms with Crippen molar-refractivity contribution in [1.82, 2.24) is 0 Å². The fourth-order valence-electron chi connectivity index (χ4n) is 2.15. The molecule has 2 aromatic carbocycles. The molecular formula is C20H24N2S2. The number of benzene rings is 2. The first-order chi connectivity index (χ1) is 11.5.